The number of rotatable bonds is 3. The molecule has 0 amide bonds. The number of ether oxygens (including phenoxy) is 1. The zero-order valence-electron chi connectivity index (χ0n) is 8.26. The number of aromatic nitrogens is 1. The molecule has 2 heterocycles. The molecule has 15 heavy (non-hydrogen) atoms. The molecule has 0 saturated carbocycles. The van der Waals surface area contributed by atoms with Gasteiger partial charge in [0.2, 0.25) is 0 Å². The van der Waals surface area contributed by atoms with Crippen LogP contribution in [-0.4, -0.2) is 40.7 Å². The molecule has 1 saturated heterocycles. The van der Waals surface area contributed by atoms with Gasteiger partial charge in [0.05, 0.1) is 13.2 Å². The molecule has 2 N–H and O–H groups in total. The van der Waals surface area contributed by atoms with Gasteiger partial charge in [0.1, 0.15) is 16.1 Å². The van der Waals surface area contributed by atoms with Gasteiger partial charge < -0.3 is 10.5 Å². The Kier molecular flexibility index (Phi) is 3.63. The molecule has 0 aromatic carbocycles. The van der Waals surface area contributed by atoms with Crippen molar-refractivity contribution in [3.8, 4) is 0 Å². The predicted molar refractivity (Wildman–Crippen MR) is 63.9 cm³/mol. The predicted octanol–water partition coefficient (Wildman–Crippen LogP) is 0.630. The van der Waals surface area contributed by atoms with Gasteiger partial charge in [-0.05, 0) is 0 Å². The summed E-state index contributed by atoms with van der Waals surface area (Å²) in [6.07, 6.45) is 1.72. The van der Waals surface area contributed by atoms with Crippen molar-refractivity contribution in [3.63, 3.8) is 0 Å². The molecule has 0 radical (unpaired) electrons. The van der Waals surface area contributed by atoms with Crippen LogP contribution in [0.4, 0.5) is 0 Å². The van der Waals surface area contributed by atoms with E-state index in [1.807, 2.05) is 11.6 Å². The molecular formula is C9H13N3OS2. The molecule has 1 fully saturated rings. The Morgan fingerprint density at radius 3 is 3.33 bits per heavy atom. The van der Waals surface area contributed by atoms with Crippen LogP contribution in [0.1, 0.15) is 5.01 Å². The van der Waals surface area contributed by atoms with Gasteiger partial charge in [-0.2, -0.15) is 0 Å². The zero-order chi connectivity index (χ0) is 10.7. The minimum absolute atomic E-state index is 0.103. The van der Waals surface area contributed by atoms with Crippen LogP contribution in [0.2, 0.25) is 0 Å². The van der Waals surface area contributed by atoms with Gasteiger partial charge in [0, 0.05) is 24.7 Å². The first-order valence-electron chi connectivity index (χ1n) is 4.77. The molecule has 2 rings (SSSR count). The highest BCUT2D eigenvalue weighted by molar-refractivity contribution is 7.80. The fourth-order valence-electron chi connectivity index (χ4n) is 1.54. The second-order valence-electron chi connectivity index (χ2n) is 3.42. The van der Waals surface area contributed by atoms with E-state index >= 15 is 0 Å². The van der Waals surface area contributed by atoms with Gasteiger partial charge in [-0.3, -0.25) is 4.90 Å². The van der Waals surface area contributed by atoms with E-state index in [0.29, 0.717) is 11.6 Å². The van der Waals surface area contributed by atoms with E-state index in [-0.39, 0.29) is 6.10 Å². The summed E-state index contributed by atoms with van der Waals surface area (Å²) < 4.78 is 5.46. The third-order valence-electron chi connectivity index (χ3n) is 2.31. The largest absolute Gasteiger partial charge is 0.391 e. The lowest BCUT2D eigenvalue weighted by atomic mass is 10.2. The molecule has 0 spiro atoms. The Labute approximate surface area is 98.0 Å². The zero-order valence-corrected chi connectivity index (χ0v) is 9.89. The molecule has 1 aliphatic rings. The van der Waals surface area contributed by atoms with E-state index in [2.05, 4.69) is 9.88 Å². The lowest BCUT2D eigenvalue weighted by molar-refractivity contribution is 0.00389. The minimum atomic E-state index is -0.103. The SMILES string of the molecule is NC(=S)C1CN(Cc2nccs2)CCO1. The monoisotopic (exact) mass is 243 g/mol. The minimum Gasteiger partial charge on any atom is -0.391 e. The number of hydrogen-bond donors (Lipinski definition) is 1. The van der Waals surface area contributed by atoms with Crippen LogP contribution in [0.15, 0.2) is 11.6 Å². The first-order valence-corrected chi connectivity index (χ1v) is 6.06. The van der Waals surface area contributed by atoms with Crippen LogP contribution in [0, 0.1) is 0 Å². The third-order valence-corrected chi connectivity index (χ3v) is 3.34. The van der Waals surface area contributed by atoms with E-state index < -0.39 is 0 Å². The first-order chi connectivity index (χ1) is 7.25. The molecule has 0 aliphatic carbocycles. The van der Waals surface area contributed by atoms with Crippen LogP contribution < -0.4 is 5.73 Å². The number of morpholine rings is 1. The van der Waals surface area contributed by atoms with Crippen LogP contribution >= 0.6 is 23.6 Å². The number of nitrogens with zero attached hydrogens (tertiary/aromatic N) is 2. The highest BCUT2D eigenvalue weighted by atomic mass is 32.1. The lowest BCUT2D eigenvalue weighted by Crippen LogP contribution is -2.47. The van der Waals surface area contributed by atoms with Crippen molar-refractivity contribution >= 4 is 28.5 Å². The Balaban J connectivity index is 1.90. The average molecular weight is 243 g/mol. The van der Waals surface area contributed by atoms with Crippen molar-refractivity contribution in [2.45, 2.75) is 12.6 Å². The molecule has 0 bridgehead atoms. The van der Waals surface area contributed by atoms with Gasteiger partial charge in [0.25, 0.3) is 0 Å². The summed E-state index contributed by atoms with van der Waals surface area (Å²) in [7, 11) is 0. The Hall–Kier alpha value is -0.560. The molecule has 1 atom stereocenters. The molecule has 82 valence electrons. The maximum Gasteiger partial charge on any atom is 0.120 e. The van der Waals surface area contributed by atoms with Gasteiger partial charge in [0.15, 0.2) is 0 Å². The van der Waals surface area contributed by atoms with E-state index in [1.54, 1.807) is 11.3 Å². The summed E-state index contributed by atoms with van der Waals surface area (Å²) in [6.45, 7) is 3.24. The molecule has 1 aliphatic heterocycles. The first kappa shape index (κ1) is 10.9. The standard InChI is InChI=1S/C9H13N3OS2/c10-9(14)7-5-12(2-3-13-7)6-8-11-1-4-15-8/h1,4,7H,2-3,5-6H2,(H2,10,14). The van der Waals surface area contributed by atoms with Gasteiger partial charge >= 0.3 is 0 Å². The normalized spacial score (nSPS) is 22.8. The van der Waals surface area contributed by atoms with E-state index in [0.717, 1.165) is 24.6 Å². The lowest BCUT2D eigenvalue weighted by Gasteiger charge is -2.31. The van der Waals surface area contributed by atoms with Crippen molar-refractivity contribution < 1.29 is 4.74 Å². The second-order valence-corrected chi connectivity index (χ2v) is 4.87. The Morgan fingerprint density at radius 1 is 1.80 bits per heavy atom. The summed E-state index contributed by atoms with van der Waals surface area (Å²) in [6, 6.07) is 0. The maximum absolute atomic E-state index is 5.57. The van der Waals surface area contributed by atoms with Gasteiger partial charge in [-0.15, -0.1) is 11.3 Å². The fraction of sp³-hybridized carbons (Fsp3) is 0.556. The molecule has 1 aromatic heterocycles. The van der Waals surface area contributed by atoms with Crippen molar-refractivity contribution in [1.29, 1.82) is 0 Å². The van der Waals surface area contributed by atoms with Crippen molar-refractivity contribution in [2.24, 2.45) is 5.73 Å². The molecule has 1 aromatic rings. The molecular weight excluding hydrogens is 230 g/mol. The molecule has 6 heteroatoms. The fourth-order valence-corrected chi connectivity index (χ4v) is 2.34. The van der Waals surface area contributed by atoms with E-state index in [4.69, 9.17) is 22.7 Å². The Morgan fingerprint density at radius 2 is 2.67 bits per heavy atom. The highest BCUT2D eigenvalue weighted by Crippen LogP contribution is 2.12. The summed E-state index contributed by atoms with van der Waals surface area (Å²) in [5, 5.41) is 3.11. The van der Waals surface area contributed by atoms with Crippen LogP contribution in [0.3, 0.4) is 0 Å². The Bertz CT molecular complexity index is 328. The van der Waals surface area contributed by atoms with E-state index in [1.165, 1.54) is 0 Å². The number of thiocarbonyl (C=S) groups is 1. The van der Waals surface area contributed by atoms with Crippen LogP contribution in [-0.2, 0) is 11.3 Å². The van der Waals surface area contributed by atoms with Crippen molar-refractivity contribution in [1.82, 2.24) is 9.88 Å². The number of thiazole rings is 1. The maximum atomic E-state index is 5.57. The van der Waals surface area contributed by atoms with Crippen molar-refractivity contribution in [3.05, 3.63) is 16.6 Å². The quantitative estimate of drug-likeness (QED) is 0.789. The molecule has 4 nitrogen and oxygen atoms in total. The van der Waals surface area contributed by atoms with Crippen LogP contribution in [0.5, 0.6) is 0 Å². The summed E-state index contributed by atoms with van der Waals surface area (Å²) in [5.41, 5.74) is 5.57. The third kappa shape index (κ3) is 2.94. The summed E-state index contributed by atoms with van der Waals surface area (Å²) in [5.74, 6) is 0. The van der Waals surface area contributed by atoms with Gasteiger partial charge in [-0.1, -0.05) is 12.2 Å². The number of nitrogens with two attached hydrogens (primary N) is 1. The summed E-state index contributed by atoms with van der Waals surface area (Å²) in [4.78, 5) is 6.97. The highest BCUT2D eigenvalue weighted by Gasteiger charge is 2.22. The van der Waals surface area contributed by atoms with E-state index in [9.17, 15) is 0 Å². The summed E-state index contributed by atoms with van der Waals surface area (Å²) >= 11 is 6.60. The number of hydrogen-bond acceptors (Lipinski definition) is 5. The van der Waals surface area contributed by atoms with Crippen molar-refractivity contribution in [2.75, 3.05) is 19.7 Å². The topological polar surface area (TPSA) is 51.4 Å². The van der Waals surface area contributed by atoms with Crippen LogP contribution in [0.25, 0.3) is 0 Å². The second kappa shape index (κ2) is 4.98. The smallest absolute Gasteiger partial charge is 0.120 e. The van der Waals surface area contributed by atoms with Gasteiger partial charge in [-0.25, -0.2) is 4.98 Å². The molecule has 1 unspecified atom stereocenters. The average Bonchev–Trinajstić information content (AvgIpc) is 2.71.